The lowest BCUT2D eigenvalue weighted by Crippen LogP contribution is -2.50. The Bertz CT molecular complexity index is 526. The smallest absolute Gasteiger partial charge is 0.323 e. The van der Waals surface area contributed by atoms with Crippen LogP contribution in [0.15, 0.2) is 23.1 Å². The van der Waals surface area contributed by atoms with E-state index in [1.807, 2.05) is 6.92 Å². The molecule has 2 rings (SSSR count). The standard InChI is InChI=1S/C15H19F2NO2S/c1-2-7-18-15(14(19)20)6-5-11(9-15)21-10-3-4-12(16)13(17)8-10/h3-4,8,11,18H,2,5-7,9H2,1H3,(H,19,20). The Labute approximate surface area is 127 Å². The predicted molar refractivity (Wildman–Crippen MR) is 78.5 cm³/mol. The van der Waals surface area contributed by atoms with Crippen LogP contribution in [0.1, 0.15) is 32.6 Å². The van der Waals surface area contributed by atoms with Crippen LogP contribution >= 0.6 is 11.8 Å². The normalized spacial score (nSPS) is 25.2. The fourth-order valence-electron chi connectivity index (χ4n) is 2.64. The number of hydrogen-bond donors (Lipinski definition) is 2. The molecule has 0 saturated heterocycles. The fraction of sp³-hybridized carbons (Fsp3) is 0.533. The molecule has 1 saturated carbocycles. The maximum Gasteiger partial charge on any atom is 0.323 e. The van der Waals surface area contributed by atoms with Crippen LogP contribution in [0.5, 0.6) is 0 Å². The molecule has 1 aliphatic carbocycles. The van der Waals surface area contributed by atoms with Gasteiger partial charge in [0.1, 0.15) is 5.54 Å². The van der Waals surface area contributed by atoms with E-state index in [1.165, 1.54) is 23.9 Å². The van der Waals surface area contributed by atoms with Gasteiger partial charge in [-0.1, -0.05) is 6.92 Å². The Hall–Kier alpha value is -1.14. The first-order valence-electron chi connectivity index (χ1n) is 7.07. The van der Waals surface area contributed by atoms with Gasteiger partial charge in [-0.3, -0.25) is 4.79 Å². The first-order chi connectivity index (χ1) is 9.97. The van der Waals surface area contributed by atoms with Crippen LogP contribution in [0.3, 0.4) is 0 Å². The molecular formula is C15H19F2NO2S. The molecule has 2 atom stereocenters. The van der Waals surface area contributed by atoms with Crippen molar-refractivity contribution in [2.75, 3.05) is 6.54 Å². The van der Waals surface area contributed by atoms with Crippen molar-refractivity contribution < 1.29 is 18.7 Å². The first-order valence-corrected chi connectivity index (χ1v) is 7.95. The molecule has 2 N–H and O–H groups in total. The van der Waals surface area contributed by atoms with Crippen LogP contribution in [-0.4, -0.2) is 28.4 Å². The zero-order valence-electron chi connectivity index (χ0n) is 11.9. The van der Waals surface area contributed by atoms with Crippen molar-refractivity contribution in [2.24, 2.45) is 0 Å². The molecule has 0 amide bonds. The molecular weight excluding hydrogens is 296 g/mol. The zero-order chi connectivity index (χ0) is 15.5. The minimum Gasteiger partial charge on any atom is -0.480 e. The Morgan fingerprint density at radius 2 is 2.24 bits per heavy atom. The number of benzene rings is 1. The number of thioether (sulfide) groups is 1. The number of carbonyl (C=O) groups is 1. The molecule has 0 bridgehead atoms. The van der Waals surface area contributed by atoms with E-state index < -0.39 is 23.1 Å². The third kappa shape index (κ3) is 3.74. The molecule has 1 aromatic carbocycles. The summed E-state index contributed by atoms with van der Waals surface area (Å²) in [5, 5.41) is 12.7. The Morgan fingerprint density at radius 1 is 1.48 bits per heavy atom. The van der Waals surface area contributed by atoms with Gasteiger partial charge in [-0.25, -0.2) is 8.78 Å². The van der Waals surface area contributed by atoms with E-state index in [0.717, 1.165) is 18.9 Å². The molecule has 0 aliphatic heterocycles. The van der Waals surface area contributed by atoms with Gasteiger partial charge in [-0.05, 0) is 50.4 Å². The number of carboxylic acid groups (broad SMARTS) is 1. The van der Waals surface area contributed by atoms with E-state index in [9.17, 15) is 18.7 Å². The second-order valence-corrected chi connectivity index (χ2v) is 6.75. The minimum atomic E-state index is -0.883. The summed E-state index contributed by atoms with van der Waals surface area (Å²) in [6.45, 7) is 2.65. The number of hydrogen-bond acceptors (Lipinski definition) is 3. The predicted octanol–water partition coefficient (Wildman–Crippen LogP) is 3.43. The Balaban J connectivity index is 2.03. The number of nitrogens with one attached hydrogen (secondary N) is 1. The van der Waals surface area contributed by atoms with Crippen LogP contribution in [-0.2, 0) is 4.79 Å². The number of halogens is 2. The maximum absolute atomic E-state index is 13.2. The topological polar surface area (TPSA) is 49.3 Å². The SMILES string of the molecule is CCCNC1(C(=O)O)CCC(Sc2ccc(F)c(F)c2)C1. The summed E-state index contributed by atoms with van der Waals surface area (Å²) < 4.78 is 26.1. The van der Waals surface area contributed by atoms with Gasteiger partial charge < -0.3 is 10.4 Å². The molecule has 0 spiro atoms. The van der Waals surface area contributed by atoms with Crippen molar-refractivity contribution in [3.63, 3.8) is 0 Å². The number of carboxylic acids is 1. The van der Waals surface area contributed by atoms with Crippen LogP contribution in [0.25, 0.3) is 0 Å². The summed E-state index contributed by atoms with van der Waals surface area (Å²) in [6.07, 6.45) is 2.67. The Kier molecular flexibility index (Phi) is 5.22. The fourth-order valence-corrected chi connectivity index (χ4v) is 3.94. The van der Waals surface area contributed by atoms with Crippen molar-refractivity contribution in [1.82, 2.24) is 5.32 Å². The van der Waals surface area contributed by atoms with E-state index >= 15 is 0 Å². The molecule has 116 valence electrons. The summed E-state index contributed by atoms with van der Waals surface area (Å²) in [7, 11) is 0. The zero-order valence-corrected chi connectivity index (χ0v) is 12.7. The minimum absolute atomic E-state index is 0.0929. The molecule has 6 heteroatoms. The van der Waals surface area contributed by atoms with E-state index in [2.05, 4.69) is 5.32 Å². The molecule has 2 unspecified atom stereocenters. The number of rotatable bonds is 6. The highest BCUT2D eigenvalue weighted by molar-refractivity contribution is 8.00. The molecule has 1 fully saturated rings. The van der Waals surface area contributed by atoms with Crippen molar-refractivity contribution in [3.8, 4) is 0 Å². The lowest BCUT2D eigenvalue weighted by Gasteiger charge is -2.25. The third-order valence-corrected chi connectivity index (χ3v) is 5.05. The van der Waals surface area contributed by atoms with Crippen LogP contribution < -0.4 is 5.32 Å². The first kappa shape index (κ1) is 16.2. The summed E-state index contributed by atoms with van der Waals surface area (Å²) in [4.78, 5) is 12.2. The molecule has 0 heterocycles. The van der Waals surface area contributed by atoms with Crippen LogP contribution in [0, 0.1) is 11.6 Å². The summed E-state index contributed by atoms with van der Waals surface area (Å²) in [5.41, 5.74) is -0.883. The lowest BCUT2D eigenvalue weighted by molar-refractivity contribution is -0.144. The molecule has 21 heavy (non-hydrogen) atoms. The van der Waals surface area contributed by atoms with E-state index in [-0.39, 0.29) is 5.25 Å². The average molecular weight is 315 g/mol. The number of aliphatic carboxylic acids is 1. The summed E-state index contributed by atoms with van der Waals surface area (Å²) in [6, 6.07) is 3.80. The lowest BCUT2D eigenvalue weighted by atomic mass is 9.98. The molecule has 0 radical (unpaired) electrons. The van der Waals surface area contributed by atoms with Crippen molar-refractivity contribution in [3.05, 3.63) is 29.8 Å². The highest BCUT2D eigenvalue weighted by atomic mass is 32.2. The highest BCUT2D eigenvalue weighted by Gasteiger charge is 2.45. The van der Waals surface area contributed by atoms with E-state index in [0.29, 0.717) is 24.3 Å². The quantitative estimate of drug-likeness (QED) is 0.844. The molecule has 3 nitrogen and oxygen atoms in total. The van der Waals surface area contributed by atoms with Gasteiger partial charge in [0.2, 0.25) is 0 Å². The highest BCUT2D eigenvalue weighted by Crippen LogP contribution is 2.40. The van der Waals surface area contributed by atoms with Crippen molar-refractivity contribution in [1.29, 1.82) is 0 Å². The largest absolute Gasteiger partial charge is 0.480 e. The molecule has 1 aliphatic rings. The second kappa shape index (κ2) is 6.75. The van der Waals surface area contributed by atoms with Crippen LogP contribution in [0.2, 0.25) is 0 Å². The summed E-state index contributed by atoms with van der Waals surface area (Å²) >= 11 is 1.42. The average Bonchev–Trinajstić information content (AvgIpc) is 2.85. The van der Waals surface area contributed by atoms with Gasteiger partial charge in [0, 0.05) is 10.1 Å². The second-order valence-electron chi connectivity index (χ2n) is 5.37. The van der Waals surface area contributed by atoms with Gasteiger partial charge >= 0.3 is 5.97 Å². The maximum atomic E-state index is 13.2. The van der Waals surface area contributed by atoms with Gasteiger partial charge in [0.05, 0.1) is 0 Å². The third-order valence-electron chi connectivity index (χ3n) is 3.79. The monoisotopic (exact) mass is 315 g/mol. The van der Waals surface area contributed by atoms with Crippen LogP contribution in [0.4, 0.5) is 8.78 Å². The molecule has 0 aromatic heterocycles. The summed E-state index contributed by atoms with van der Waals surface area (Å²) in [5.74, 6) is -2.56. The van der Waals surface area contributed by atoms with Gasteiger partial charge in [0.15, 0.2) is 11.6 Å². The van der Waals surface area contributed by atoms with Gasteiger partial charge in [0.25, 0.3) is 0 Å². The van der Waals surface area contributed by atoms with Crippen molar-refractivity contribution >= 4 is 17.7 Å². The van der Waals surface area contributed by atoms with Gasteiger partial charge in [-0.15, -0.1) is 11.8 Å². The van der Waals surface area contributed by atoms with Gasteiger partial charge in [-0.2, -0.15) is 0 Å². The van der Waals surface area contributed by atoms with E-state index in [1.54, 1.807) is 0 Å². The van der Waals surface area contributed by atoms with Crippen molar-refractivity contribution in [2.45, 2.75) is 48.3 Å². The molecule has 1 aromatic rings. The van der Waals surface area contributed by atoms with E-state index in [4.69, 9.17) is 0 Å². The Morgan fingerprint density at radius 3 is 2.86 bits per heavy atom.